The number of rotatable bonds is 3. The Morgan fingerprint density at radius 1 is 1.41 bits per heavy atom. The Morgan fingerprint density at radius 2 is 2.18 bits per heavy atom. The lowest BCUT2D eigenvalue weighted by molar-refractivity contribution is -0.128. The molecule has 1 heterocycles. The highest BCUT2D eigenvalue weighted by molar-refractivity contribution is 5.80. The zero-order chi connectivity index (χ0) is 12.4. The second kappa shape index (κ2) is 4.79. The molecule has 3 nitrogen and oxygen atoms in total. The monoisotopic (exact) mass is 240 g/mol. The molecular formula is C12H14F2N2O. The maximum absolute atomic E-state index is 13.1. The summed E-state index contributed by atoms with van der Waals surface area (Å²) in [6.45, 7) is 2.81. The van der Waals surface area contributed by atoms with Gasteiger partial charge in [-0.1, -0.05) is 13.0 Å². The minimum atomic E-state index is -0.889. The predicted octanol–water partition coefficient (Wildman–Crippen LogP) is 1.81. The second-order valence-electron chi connectivity index (χ2n) is 4.04. The van der Waals surface area contributed by atoms with Crippen LogP contribution in [0, 0.1) is 11.6 Å². The van der Waals surface area contributed by atoms with Crippen LogP contribution in [0.5, 0.6) is 0 Å². The number of nitrogens with one attached hydrogen (secondary N) is 1. The van der Waals surface area contributed by atoms with Crippen LogP contribution in [-0.2, 0) is 4.79 Å². The van der Waals surface area contributed by atoms with Crippen molar-refractivity contribution in [1.82, 2.24) is 10.2 Å². The van der Waals surface area contributed by atoms with Gasteiger partial charge in [-0.15, -0.1) is 0 Å². The van der Waals surface area contributed by atoms with E-state index < -0.39 is 11.6 Å². The van der Waals surface area contributed by atoms with Crippen molar-refractivity contribution in [2.24, 2.45) is 0 Å². The van der Waals surface area contributed by atoms with E-state index in [4.69, 9.17) is 0 Å². The fourth-order valence-electron chi connectivity index (χ4n) is 2.01. The Kier molecular flexibility index (Phi) is 3.38. The highest BCUT2D eigenvalue weighted by Crippen LogP contribution is 2.23. The largest absolute Gasteiger partial charge is 0.322 e. The van der Waals surface area contributed by atoms with Crippen LogP contribution < -0.4 is 5.32 Å². The molecule has 1 aliphatic heterocycles. The molecule has 0 radical (unpaired) electrons. The van der Waals surface area contributed by atoms with E-state index in [0.717, 1.165) is 18.6 Å². The summed E-state index contributed by atoms with van der Waals surface area (Å²) in [5, 5.41) is 2.99. The first-order chi connectivity index (χ1) is 8.13. The predicted molar refractivity (Wildman–Crippen MR) is 59.1 cm³/mol. The maximum atomic E-state index is 13.1. The summed E-state index contributed by atoms with van der Waals surface area (Å²) in [5.41, 5.74) is 0.572. The number of benzene rings is 1. The van der Waals surface area contributed by atoms with Crippen LogP contribution in [0.2, 0.25) is 0 Å². The van der Waals surface area contributed by atoms with Crippen LogP contribution >= 0.6 is 0 Å². The maximum Gasteiger partial charge on any atom is 0.238 e. The summed E-state index contributed by atoms with van der Waals surface area (Å²) in [4.78, 5) is 13.2. The molecule has 5 heteroatoms. The Morgan fingerprint density at radius 3 is 2.82 bits per heavy atom. The molecule has 1 unspecified atom stereocenters. The summed E-state index contributed by atoms with van der Waals surface area (Å²) < 4.78 is 26.0. The van der Waals surface area contributed by atoms with E-state index in [1.165, 1.54) is 6.07 Å². The number of halogens is 2. The van der Waals surface area contributed by atoms with Gasteiger partial charge in [0.1, 0.15) is 6.17 Å². The van der Waals surface area contributed by atoms with Crippen LogP contribution in [0.1, 0.15) is 25.1 Å². The third-order valence-corrected chi connectivity index (χ3v) is 2.80. The molecule has 1 aromatic carbocycles. The van der Waals surface area contributed by atoms with Gasteiger partial charge in [0.15, 0.2) is 11.6 Å². The van der Waals surface area contributed by atoms with Gasteiger partial charge in [0.2, 0.25) is 5.91 Å². The van der Waals surface area contributed by atoms with Gasteiger partial charge in [-0.3, -0.25) is 10.1 Å². The highest BCUT2D eigenvalue weighted by atomic mass is 19.2. The van der Waals surface area contributed by atoms with Gasteiger partial charge in [0, 0.05) is 6.54 Å². The van der Waals surface area contributed by atoms with Crippen molar-refractivity contribution >= 4 is 5.91 Å². The molecule has 1 aliphatic rings. The van der Waals surface area contributed by atoms with E-state index in [2.05, 4.69) is 5.32 Å². The van der Waals surface area contributed by atoms with Crippen molar-refractivity contribution in [2.75, 3.05) is 13.1 Å². The Balaban J connectivity index is 2.26. The minimum absolute atomic E-state index is 0.0124. The Hall–Kier alpha value is -1.49. The zero-order valence-electron chi connectivity index (χ0n) is 9.54. The average Bonchev–Trinajstić information content (AvgIpc) is 2.66. The molecule has 0 aliphatic carbocycles. The molecule has 1 aromatic rings. The molecule has 1 saturated heterocycles. The first-order valence-corrected chi connectivity index (χ1v) is 5.61. The van der Waals surface area contributed by atoms with Crippen LogP contribution in [-0.4, -0.2) is 23.9 Å². The third-order valence-electron chi connectivity index (χ3n) is 2.80. The first-order valence-electron chi connectivity index (χ1n) is 5.61. The van der Waals surface area contributed by atoms with Crippen molar-refractivity contribution in [3.63, 3.8) is 0 Å². The van der Waals surface area contributed by atoms with E-state index in [0.29, 0.717) is 12.1 Å². The van der Waals surface area contributed by atoms with Crippen molar-refractivity contribution in [2.45, 2.75) is 19.5 Å². The van der Waals surface area contributed by atoms with Crippen molar-refractivity contribution in [3.05, 3.63) is 35.4 Å². The van der Waals surface area contributed by atoms with Crippen LogP contribution in [0.15, 0.2) is 18.2 Å². The van der Waals surface area contributed by atoms with Crippen molar-refractivity contribution in [3.8, 4) is 0 Å². The molecule has 0 bridgehead atoms. The Bertz CT molecular complexity index is 437. The van der Waals surface area contributed by atoms with E-state index in [1.807, 2.05) is 6.92 Å². The van der Waals surface area contributed by atoms with E-state index in [9.17, 15) is 13.6 Å². The lowest BCUT2D eigenvalue weighted by Gasteiger charge is -2.24. The lowest BCUT2D eigenvalue weighted by Crippen LogP contribution is -2.31. The SMILES string of the molecule is CCCN1C(=O)CNC1c1ccc(F)c(F)c1. The molecule has 92 valence electrons. The molecule has 1 N–H and O–H groups in total. The van der Waals surface area contributed by atoms with Crippen molar-refractivity contribution < 1.29 is 13.6 Å². The number of hydrogen-bond acceptors (Lipinski definition) is 2. The fraction of sp³-hybridized carbons (Fsp3) is 0.417. The number of carbonyl (C=O) groups excluding carboxylic acids is 1. The third kappa shape index (κ3) is 2.29. The normalized spacial score (nSPS) is 20.1. The quantitative estimate of drug-likeness (QED) is 0.873. The van der Waals surface area contributed by atoms with Gasteiger partial charge in [-0.05, 0) is 24.1 Å². The van der Waals surface area contributed by atoms with Gasteiger partial charge in [-0.25, -0.2) is 8.78 Å². The Labute approximate surface area is 98.4 Å². The standard InChI is InChI=1S/C12H14F2N2O/c1-2-5-16-11(17)7-15-12(16)8-3-4-9(13)10(14)6-8/h3-4,6,12,15H,2,5,7H2,1H3. The number of carbonyl (C=O) groups is 1. The summed E-state index contributed by atoms with van der Waals surface area (Å²) in [6.07, 6.45) is 0.477. The zero-order valence-corrected chi connectivity index (χ0v) is 9.54. The topological polar surface area (TPSA) is 32.3 Å². The lowest BCUT2D eigenvalue weighted by atomic mass is 10.1. The number of nitrogens with zero attached hydrogens (tertiary/aromatic N) is 1. The van der Waals surface area contributed by atoms with Gasteiger partial charge in [0.05, 0.1) is 6.54 Å². The summed E-state index contributed by atoms with van der Waals surface area (Å²) >= 11 is 0. The van der Waals surface area contributed by atoms with E-state index in [1.54, 1.807) is 4.90 Å². The number of amides is 1. The molecule has 17 heavy (non-hydrogen) atoms. The molecule has 1 fully saturated rings. The van der Waals surface area contributed by atoms with Gasteiger partial charge in [-0.2, -0.15) is 0 Å². The summed E-state index contributed by atoms with van der Waals surface area (Å²) in [5.74, 6) is -1.78. The molecule has 0 spiro atoms. The van der Waals surface area contributed by atoms with E-state index >= 15 is 0 Å². The summed E-state index contributed by atoms with van der Waals surface area (Å²) in [7, 11) is 0. The number of hydrogen-bond donors (Lipinski definition) is 1. The van der Waals surface area contributed by atoms with Gasteiger partial charge >= 0.3 is 0 Å². The highest BCUT2D eigenvalue weighted by Gasteiger charge is 2.31. The first kappa shape index (κ1) is 12.0. The van der Waals surface area contributed by atoms with E-state index in [-0.39, 0.29) is 18.6 Å². The molecular weight excluding hydrogens is 226 g/mol. The average molecular weight is 240 g/mol. The second-order valence-corrected chi connectivity index (χ2v) is 4.04. The fourth-order valence-corrected chi connectivity index (χ4v) is 2.01. The summed E-state index contributed by atoms with van der Waals surface area (Å²) in [6, 6.07) is 3.71. The molecule has 1 amide bonds. The molecule has 1 atom stereocenters. The molecule has 0 saturated carbocycles. The van der Waals surface area contributed by atoms with Crippen molar-refractivity contribution in [1.29, 1.82) is 0 Å². The smallest absolute Gasteiger partial charge is 0.238 e. The molecule has 2 rings (SSSR count). The van der Waals surface area contributed by atoms with Gasteiger partial charge in [0.25, 0.3) is 0 Å². The van der Waals surface area contributed by atoms with Gasteiger partial charge < -0.3 is 4.90 Å². The van der Waals surface area contributed by atoms with Crippen LogP contribution in [0.3, 0.4) is 0 Å². The van der Waals surface area contributed by atoms with Crippen LogP contribution in [0.25, 0.3) is 0 Å². The molecule has 0 aromatic heterocycles. The minimum Gasteiger partial charge on any atom is -0.322 e. The van der Waals surface area contributed by atoms with Crippen LogP contribution in [0.4, 0.5) is 8.78 Å².